The lowest BCUT2D eigenvalue weighted by atomic mass is 9.96. The van der Waals surface area contributed by atoms with Gasteiger partial charge >= 0.3 is 0 Å². The Morgan fingerprint density at radius 3 is 2.67 bits per heavy atom. The topological polar surface area (TPSA) is 81.4 Å². The molecular formula is C17H22N4O3. The Hall–Kier alpha value is -2.44. The Labute approximate surface area is 141 Å². The molecule has 0 aromatic carbocycles. The van der Waals surface area contributed by atoms with E-state index in [1.807, 2.05) is 18.7 Å². The molecule has 1 amide bonds. The quantitative estimate of drug-likeness (QED) is 0.857. The Kier molecular flexibility index (Phi) is 4.78. The summed E-state index contributed by atoms with van der Waals surface area (Å²) in [6.45, 7) is 6.97. The number of hydrogen-bond donors (Lipinski definition) is 0. The Balaban J connectivity index is 1.62. The lowest BCUT2D eigenvalue weighted by molar-refractivity contribution is 0.0703. The summed E-state index contributed by atoms with van der Waals surface area (Å²) in [5.41, 5.74) is 0.419. The van der Waals surface area contributed by atoms with Crippen molar-refractivity contribution in [3.05, 3.63) is 35.6 Å². The number of ether oxygens (including phenoxy) is 1. The highest BCUT2D eigenvalue weighted by Gasteiger charge is 2.27. The maximum Gasteiger partial charge on any atom is 0.272 e. The number of likely N-dealkylation sites (tertiary alicyclic amines) is 1. The van der Waals surface area contributed by atoms with Crippen molar-refractivity contribution in [2.24, 2.45) is 0 Å². The first-order valence-electron chi connectivity index (χ1n) is 8.26. The predicted octanol–water partition coefficient (Wildman–Crippen LogP) is 2.58. The summed E-state index contributed by atoms with van der Waals surface area (Å²) in [6, 6.07) is 5.29. The summed E-state index contributed by atoms with van der Waals surface area (Å²) >= 11 is 0. The van der Waals surface area contributed by atoms with Crippen LogP contribution in [0.2, 0.25) is 0 Å². The first-order chi connectivity index (χ1) is 11.5. The number of rotatable bonds is 4. The first-order valence-corrected chi connectivity index (χ1v) is 8.26. The SMILES string of the molecule is Cc1nc(C2CCN(C(=O)c3cccc(OC(C)C)n3)CC2)no1. The average Bonchev–Trinajstić information content (AvgIpc) is 3.00. The highest BCUT2D eigenvalue weighted by Crippen LogP contribution is 2.26. The average molecular weight is 330 g/mol. The van der Waals surface area contributed by atoms with E-state index < -0.39 is 0 Å². The predicted molar refractivity (Wildman–Crippen MR) is 86.9 cm³/mol. The number of carbonyl (C=O) groups excluding carboxylic acids is 1. The number of nitrogens with zero attached hydrogens (tertiary/aromatic N) is 4. The van der Waals surface area contributed by atoms with Gasteiger partial charge in [-0.25, -0.2) is 4.98 Å². The molecular weight excluding hydrogens is 308 g/mol. The monoisotopic (exact) mass is 330 g/mol. The van der Waals surface area contributed by atoms with Gasteiger partial charge < -0.3 is 14.2 Å². The largest absolute Gasteiger partial charge is 0.475 e. The van der Waals surface area contributed by atoms with Crippen molar-refractivity contribution >= 4 is 5.91 Å². The molecule has 2 aromatic heterocycles. The van der Waals surface area contributed by atoms with Crippen LogP contribution < -0.4 is 4.74 Å². The first kappa shape index (κ1) is 16.4. The highest BCUT2D eigenvalue weighted by atomic mass is 16.5. The third kappa shape index (κ3) is 3.72. The van der Waals surface area contributed by atoms with E-state index in [0.717, 1.165) is 18.7 Å². The van der Waals surface area contributed by atoms with Crippen molar-refractivity contribution in [2.75, 3.05) is 13.1 Å². The number of piperidine rings is 1. The molecule has 3 heterocycles. The summed E-state index contributed by atoms with van der Waals surface area (Å²) in [5.74, 6) is 1.98. The van der Waals surface area contributed by atoms with Gasteiger partial charge in [0.15, 0.2) is 5.82 Å². The zero-order chi connectivity index (χ0) is 17.1. The number of pyridine rings is 1. The van der Waals surface area contributed by atoms with Crippen LogP contribution in [0.5, 0.6) is 5.88 Å². The fourth-order valence-electron chi connectivity index (χ4n) is 2.82. The van der Waals surface area contributed by atoms with Crippen LogP contribution in [-0.4, -0.2) is 45.1 Å². The van der Waals surface area contributed by atoms with E-state index in [9.17, 15) is 4.79 Å². The summed E-state index contributed by atoms with van der Waals surface area (Å²) < 4.78 is 10.6. The fraction of sp³-hybridized carbons (Fsp3) is 0.529. The number of aromatic nitrogens is 3. The van der Waals surface area contributed by atoms with Crippen molar-refractivity contribution in [3.63, 3.8) is 0 Å². The molecule has 2 aromatic rings. The molecule has 0 atom stereocenters. The molecule has 1 aliphatic rings. The van der Waals surface area contributed by atoms with Gasteiger partial charge in [-0.1, -0.05) is 11.2 Å². The van der Waals surface area contributed by atoms with Gasteiger partial charge in [-0.15, -0.1) is 0 Å². The second-order valence-corrected chi connectivity index (χ2v) is 6.27. The van der Waals surface area contributed by atoms with Gasteiger partial charge in [0.1, 0.15) is 5.69 Å². The van der Waals surface area contributed by atoms with Crippen LogP contribution in [0.4, 0.5) is 0 Å². The van der Waals surface area contributed by atoms with Crippen LogP contribution >= 0.6 is 0 Å². The third-order valence-electron chi connectivity index (χ3n) is 3.99. The number of hydrogen-bond acceptors (Lipinski definition) is 6. The van der Waals surface area contributed by atoms with Gasteiger partial charge in [0, 0.05) is 32.0 Å². The van der Waals surface area contributed by atoms with Gasteiger partial charge in [-0.3, -0.25) is 4.79 Å². The number of carbonyl (C=O) groups is 1. The van der Waals surface area contributed by atoms with Gasteiger partial charge in [-0.2, -0.15) is 4.98 Å². The van der Waals surface area contributed by atoms with Crippen LogP contribution in [0.3, 0.4) is 0 Å². The summed E-state index contributed by atoms with van der Waals surface area (Å²) in [4.78, 5) is 23.1. The van der Waals surface area contributed by atoms with Crippen LogP contribution in [0.25, 0.3) is 0 Å². The van der Waals surface area contributed by atoms with E-state index in [1.165, 1.54) is 0 Å². The summed E-state index contributed by atoms with van der Waals surface area (Å²) in [5, 5.41) is 3.99. The maximum absolute atomic E-state index is 12.6. The molecule has 1 fully saturated rings. The minimum atomic E-state index is -0.0630. The van der Waals surface area contributed by atoms with Crippen LogP contribution in [0.15, 0.2) is 22.7 Å². The van der Waals surface area contributed by atoms with E-state index in [-0.39, 0.29) is 17.9 Å². The van der Waals surface area contributed by atoms with Crippen LogP contribution in [0.1, 0.15) is 54.8 Å². The molecule has 7 nitrogen and oxygen atoms in total. The van der Waals surface area contributed by atoms with Gasteiger partial charge in [0.2, 0.25) is 11.8 Å². The van der Waals surface area contributed by atoms with Crippen molar-refractivity contribution < 1.29 is 14.1 Å². The Bertz CT molecular complexity index is 705. The van der Waals surface area contributed by atoms with Gasteiger partial charge in [-0.05, 0) is 32.8 Å². The molecule has 128 valence electrons. The van der Waals surface area contributed by atoms with Crippen molar-refractivity contribution in [1.29, 1.82) is 0 Å². The van der Waals surface area contributed by atoms with Crippen LogP contribution in [0, 0.1) is 6.92 Å². The van der Waals surface area contributed by atoms with E-state index >= 15 is 0 Å². The molecule has 0 spiro atoms. The molecule has 0 saturated carbocycles. The molecule has 7 heteroatoms. The smallest absolute Gasteiger partial charge is 0.272 e. The molecule has 0 bridgehead atoms. The molecule has 0 N–H and O–H groups in total. The minimum Gasteiger partial charge on any atom is -0.475 e. The lowest BCUT2D eigenvalue weighted by Gasteiger charge is -2.30. The number of aryl methyl sites for hydroxylation is 1. The van der Waals surface area contributed by atoms with Crippen molar-refractivity contribution in [3.8, 4) is 5.88 Å². The molecule has 0 radical (unpaired) electrons. The van der Waals surface area contributed by atoms with E-state index in [4.69, 9.17) is 9.26 Å². The standard InChI is InChI=1S/C17H22N4O3/c1-11(2)23-15-6-4-5-14(19-15)17(22)21-9-7-13(8-10-21)16-18-12(3)24-20-16/h4-6,11,13H,7-10H2,1-3H3. The molecule has 0 aliphatic carbocycles. The minimum absolute atomic E-state index is 0.0250. The second-order valence-electron chi connectivity index (χ2n) is 6.27. The number of amides is 1. The van der Waals surface area contributed by atoms with Gasteiger partial charge in [0.05, 0.1) is 6.10 Å². The highest BCUT2D eigenvalue weighted by molar-refractivity contribution is 5.92. The maximum atomic E-state index is 12.6. The lowest BCUT2D eigenvalue weighted by Crippen LogP contribution is -2.38. The molecule has 3 rings (SSSR count). The second kappa shape index (κ2) is 6.98. The molecule has 24 heavy (non-hydrogen) atoms. The van der Waals surface area contributed by atoms with E-state index in [2.05, 4.69) is 15.1 Å². The zero-order valence-corrected chi connectivity index (χ0v) is 14.2. The van der Waals surface area contributed by atoms with Crippen LogP contribution in [-0.2, 0) is 0 Å². The Morgan fingerprint density at radius 2 is 2.04 bits per heavy atom. The fourth-order valence-corrected chi connectivity index (χ4v) is 2.82. The summed E-state index contributed by atoms with van der Waals surface area (Å²) in [6.07, 6.45) is 1.68. The van der Waals surface area contributed by atoms with Gasteiger partial charge in [0.25, 0.3) is 5.91 Å². The molecule has 1 saturated heterocycles. The normalized spacial score (nSPS) is 15.8. The van der Waals surface area contributed by atoms with Crippen molar-refractivity contribution in [2.45, 2.75) is 45.6 Å². The van der Waals surface area contributed by atoms with E-state index in [1.54, 1.807) is 25.1 Å². The third-order valence-corrected chi connectivity index (χ3v) is 3.99. The zero-order valence-electron chi connectivity index (χ0n) is 14.2. The van der Waals surface area contributed by atoms with E-state index in [0.29, 0.717) is 30.6 Å². The Morgan fingerprint density at radius 1 is 1.29 bits per heavy atom. The molecule has 1 aliphatic heterocycles. The molecule has 0 unspecified atom stereocenters. The summed E-state index contributed by atoms with van der Waals surface area (Å²) in [7, 11) is 0. The van der Waals surface area contributed by atoms with Crippen molar-refractivity contribution in [1.82, 2.24) is 20.0 Å².